The van der Waals surface area contributed by atoms with Crippen LogP contribution in [-0.2, 0) is 0 Å². The molecule has 1 aliphatic heterocycles. The summed E-state index contributed by atoms with van der Waals surface area (Å²) >= 11 is -1.07. The van der Waals surface area contributed by atoms with Crippen molar-refractivity contribution in [1.82, 2.24) is 8.43 Å². The Hall–Kier alpha value is 0.390. The van der Waals surface area contributed by atoms with Crippen LogP contribution < -0.4 is 5.32 Å². The predicted octanol–water partition coefficient (Wildman–Crippen LogP) is 4.30. The van der Waals surface area contributed by atoms with Crippen molar-refractivity contribution in [2.24, 2.45) is 17.8 Å². The maximum absolute atomic E-state index is 4.13. The van der Waals surface area contributed by atoms with Crippen molar-refractivity contribution in [1.29, 1.82) is 0 Å². The maximum atomic E-state index is 4.13. The van der Waals surface area contributed by atoms with Crippen LogP contribution in [0.4, 0.5) is 0 Å². The van der Waals surface area contributed by atoms with E-state index in [4.69, 9.17) is 0 Å². The minimum absolute atomic E-state index is 0.812. The Bertz CT molecular complexity index is 347. The van der Waals surface area contributed by atoms with Gasteiger partial charge in [-0.2, -0.15) is 0 Å². The molecule has 2 rings (SSSR count). The number of halogens is 1. The second-order valence-corrected chi connectivity index (χ2v) is 12.4. The van der Waals surface area contributed by atoms with Crippen molar-refractivity contribution < 1.29 is 0 Å². The number of nitrogens with zero attached hydrogens (tertiary/aromatic N) is 1. The number of rotatable bonds is 7. The van der Waals surface area contributed by atoms with E-state index in [1.165, 1.54) is 16.5 Å². The van der Waals surface area contributed by atoms with Gasteiger partial charge in [-0.25, -0.2) is 0 Å². The van der Waals surface area contributed by atoms with Gasteiger partial charge in [0.05, 0.1) is 0 Å². The molecule has 1 saturated carbocycles. The Labute approximate surface area is 133 Å². The molecule has 3 heteroatoms. The molecule has 0 aromatic heterocycles. The van der Waals surface area contributed by atoms with E-state index in [9.17, 15) is 0 Å². The fourth-order valence-electron chi connectivity index (χ4n) is 3.61. The van der Waals surface area contributed by atoms with Crippen LogP contribution in [0, 0.1) is 17.8 Å². The first-order chi connectivity index (χ1) is 9.40. The molecule has 20 heavy (non-hydrogen) atoms. The molecule has 118 valence electrons. The molecule has 6 atom stereocenters. The zero-order chi connectivity index (χ0) is 15.0. The molecule has 0 aromatic carbocycles. The number of hydrogen-bond donors (Lipinski definition) is 1. The summed E-state index contributed by atoms with van der Waals surface area (Å²) in [6.07, 6.45) is 1.26. The Kier molecular flexibility index (Phi) is 5.58. The molecule has 0 spiro atoms. The summed E-state index contributed by atoms with van der Waals surface area (Å²) in [7, 11) is 0. The average Bonchev–Trinajstić information content (AvgIpc) is 3.02. The molecular weight excluding hydrogens is 359 g/mol. The average molecular weight is 392 g/mol. The zero-order valence-electron chi connectivity index (χ0n) is 14.1. The summed E-state index contributed by atoms with van der Waals surface area (Å²) < 4.78 is 5.27. The first-order valence-electron chi connectivity index (χ1n) is 8.18. The number of nitrogens with one attached hydrogen (secondary N) is 1. The van der Waals surface area contributed by atoms with E-state index in [0.29, 0.717) is 0 Å². The van der Waals surface area contributed by atoms with Crippen LogP contribution in [0.25, 0.3) is 0 Å². The first kappa shape index (κ1) is 16.8. The van der Waals surface area contributed by atoms with Gasteiger partial charge in [-0.3, -0.25) is 0 Å². The van der Waals surface area contributed by atoms with Gasteiger partial charge in [-0.05, 0) is 0 Å². The van der Waals surface area contributed by atoms with Gasteiger partial charge in [0.25, 0.3) is 0 Å². The SMILES string of the molecule is C=C(C)CC1[C@@H](C)[C@@H]1I(CNCC)N1C(C)C(C)[C@@H]1C. The topological polar surface area (TPSA) is 15.3 Å². The third kappa shape index (κ3) is 3.09. The molecular formula is C17H33IN2. The van der Waals surface area contributed by atoms with Gasteiger partial charge in [-0.1, -0.05) is 0 Å². The number of allylic oxidation sites excluding steroid dienone is 1. The molecule has 2 fully saturated rings. The van der Waals surface area contributed by atoms with Gasteiger partial charge in [0, 0.05) is 0 Å². The molecule has 1 heterocycles. The summed E-state index contributed by atoms with van der Waals surface area (Å²) in [6.45, 7) is 19.5. The summed E-state index contributed by atoms with van der Waals surface area (Å²) in [6, 6.07) is 1.62. The van der Waals surface area contributed by atoms with Crippen molar-refractivity contribution in [2.45, 2.75) is 64.0 Å². The zero-order valence-corrected chi connectivity index (χ0v) is 16.3. The van der Waals surface area contributed by atoms with Crippen LogP contribution in [0.15, 0.2) is 12.2 Å². The molecule has 0 radical (unpaired) electrons. The van der Waals surface area contributed by atoms with Crippen LogP contribution in [-0.4, -0.2) is 30.2 Å². The Morgan fingerprint density at radius 1 is 1.15 bits per heavy atom. The van der Waals surface area contributed by atoms with Gasteiger partial charge in [0.1, 0.15) is 0 Å². The fraction of sp³-hybridized carbons (Fsp3) is 0.882. The molecule has 2 nitrogen and oxygen atoms in total. The van der Waals surface area contributed by atoms with E-state index in [-0.39, 0.29) is 0 Å². The van der Waals surface area contributed by atoms with Crippen molar-refractivity contribution in [3.8, 4) is 0 Å². The molecule has 1 saturated heterocycles. The summed E-state index contributed by atoms with van der Waals surface area (Å²) in [4.78, 5) is 0. The van der Waals surface area contributed by atoms with Crippen molar-refractivity contribution >= 4 is 20.1 Å². The minimum atomic E-state index is -1.07. The molecule has 0 amide bonds. The van der Waals surface area contributed by atoms with Gasteiger partial charge in [0.15, 0.2) is 0 Å². The predicted molar refractivity (Wildman–Crippen MR) is 98.4 cm³/mol. The Balaban J connectivity index is 2.03. The van der Waals surface area contributed by atoms with E-state index < -0.39 is 20.1 Å². The molecule has 1 aliphatic carbocycles. The summed E-state index contributed by atoms with van der Waals surface area (Å²) in [5.74, 6) is 2.75. The molecule has 1 N–H and O–H groups in total. The van der Waals surface area contributed by atoms with Gasteiger partial charge in [-0.15, -0.1) is 0 Å². The van der Waals surface area contributed by atoms with Crippen molar-refractivity contribution in [2.75, 3.05) is 11.1 Å². The van der Waals surface area contributed by atoms with Gasteiger partial charge >= 0.3 is 133 Å². The van der Waals surface area contributed by atoms with E-state index in [1.54, 1.807) is 0 Å². The summed E-state index contributed by atoms with van der Waals surface area (Å²) in [5, 5.41) is 3.67. The van der Waals surface area contributed by atoms with Crippen molar-refractivity contribution in [3.05, 3.63) is 12.2 Å². The van der Waals surface area contributed by atoms with Crippen LogP contribution in [0.1, 0.15) is 48.0 Å². The van der Waals surface area contributed by atoms with E-state index in [0.717, 1.165) is 40.3 Å². The monoisotopic (exact) mass is 392 g/mol. The molecule has 0 bridgehead atoms. The third-order valence-electron chi connectivity index (χ3n) is 5.35. The second kappa shape index (κ2) is 6.66. The fourth-order valence-corrected chi connectivity index (χ4v) is 13.2. The Morgan fingerprint density at radius 3 is 2.25 bits per heavy atom. The van der Waals surface area contributed by atoms with Crippen LogP contribution in [0.3, 0.4) is 0 Å². The number of hydrogen-bond acceptors (Lipinski definition) is 2. The van der Waals surface area contributed by atoms with E-state index >= 15 is 0 Å². The normalized spacial score (nSPS) is 41.2. The second-order valence-electron chi connectivity index (χ2n) is 6.92. The Morgan fingerprint density at radius 2 is 1.75 bits per heavy atom. The van der Waals surface area contributed by atoms with E-state index in [1.807, 2.05) is 0 Å². The first-order valence-corrected chi connectivity index (χ1v) is 11.9. The standard InChI is InChI=1S/C17H33IN2/c1-8-19-10-18(20-14(6)12(4)15(20)7)17-13(5)16(17)9-11(2)3/h12-17,19H,2,8-10H2,1,3-7H3/t12?,13-,14+,15?,16?,17+/m1/s1. The summed E-state index contributed by atoms with van der Waals surface area (Å²) in [5.41, 5.74) is 1.38. The molecule has 3 unspecified atom stereocenters. The quantitative estimate of drug-likeness (QED) is 0.228. The number of alkyl halides is 2. The van der Waals surface area contributed by atoms with Gasteiger partial charge < -0.3 is 0 Å². The van der Waals surface area contributed by atoms with E-state index in [2.05, 4.69) is 56.6 Å². The van der Waals surface area contributed by atoms with Gasteiger partial charge in [0.2, 0.25) is 0 Å². The molecule has 2 aliphatic rings. The van der Waals surface area contributed by atoms with Crippen LogP contribution >= 0.6 is 20.1 Å². The third-order valence-corrected chi connectivity index (χ3v) is 13.6. The van der Waals surface area contributed by atoms with Crippen LogP contribution in [0.5, 0.6) is 0 Å². The van der Waals surface area contributed by atoms with Crippen molar-refractivity contribution in [3.63, 3.8) is 0 Å². The molecule has 0 aromatic rings. The van der Waals surface area contributed by atoms with Crippen LogP contribution in [0.2, 0.25) is 0 Å².